The van der Waals surface area contributed by atoms with Crippen LogP contribution in [0.3, 0.4) is 0 Å². The molecule has 4 N–H and O–H groups in total. The predicted molar refractivity (Wildman–Crippen MR) is 113 cm³/mol. The van der Waals surface area contributed by atoms with Crippen LogP contribution in [0, 0.1) is 12.7 Å². The molecular weight excluding hydrogens is 391 g/mol. The molecule has 0 aliphatic rings. The molecule has 1 heterocycles. The van der Waals surface area contributed by atoms with Crippen molar-refractivity contribution >= 4 is 35.3 Å². The third kappa shape index (κ3) is 6.72. The molecule has 0 spiro atoms. The van der Waals surface area contributed by atoms with Crippen LogP contribution < -0.4 is 16.4 Å². The molecule has 0 aliphatic carbocycles. The van der Waals surface area contributed by atoms with E-state index in [0.717, 1.165) is 5.56 Å². The van der Waals surface area contributed by atoms with Crippen LogP contribution in [0.2, 0.25) is 0 Å². The highest BCUT2D eigenvalue weighted by Crippen LogP contribution is 2.16. The van der Waals surface area contributed by atoms with Crippen LogP contribution in [-0.4, -0.2) is 26.6 Å². The first-order chi connectivity index (χ1) is 14.0. The van der Waals surface area contributed by atoms with Gasteiger partial charge in [-0.15, -0.1) is 11.8 Å². The lowest BCUT2D eigenvalue weighted by atomic mass is 10.1. The van der Waals surface area contributed by atoms with Crippen LogP contribution in [0.1, 0.15) is 17.0 Å². The Morgan fingerprint density at radius 1 is 1.07 bits per heavy atom. The number of hydrogen-bond donors (Lipinski definition) is 3. The van der Waals surface area contributed by atoms with E-state index in [1.165, 1.54) is 29.5 Å². The fourth-order valence-corrected chi connectivity index (χ4v) is 3.11. The fraction of sp³-hybridized carbons (Fsp3) is 0.200. The number of benzene rings is 2. The van der Waals surface area contributed by atoms with Crippen LogP contribution in [0.5, 0.6) is 0 Å². The van der Waals surface area contributed by atoms with Crippen LogP contribution >= 0.6 is 11.8 Å². The molecule has 0 unspecified atom stereocenters. The van der Waals surface area contributed by atoms with Gasteiger partial charge in [-0.3, -0.25) is 4.79 Å². The Morgan fingerprint density at radius 2 is 1.79 bits per heavy atom. The van der Waals surface area contributed by atoms with Crippen molar-refractivity contribution in [3.63, 3.8) is 0 Å². The summed E-state index contributed by atoms with van der Waals surface area (Å²) < 4.78 is 13.0. The van der Waals surface area contributed by atoms with E-state index in [-0.39, 0.29) is 29.4 Å². The second kappa shape index (κ2) is 9.83. The first kappa shape index (κ1) is 20.5. The van der Waals surface area contributed by atoms with Gasteiger partial charge in [0.1, 0.15) is 11.6 Å². The summed E-state index contributed by atoms with van der Waals surface area (Å²) in [6, 6.07) is 13.8. The quantitative estimate of drug-likeness (QED) is 0.522. The van der Waals surface area contributed by atoms with E-state index >= 15 is 0 Å². The summed E-state index contributed by atoms with van der Waals surface area (Å²) in [6.07, 6.45) is 0. The van der Waals surface area contributed by atoms with Gasteiger partial charge in [0.15, 0.2) is 0 Å². The van der Waals surface area contributed by atoms with E-state index in [1.54, 1.807) is 12.1 Å². The standard InChI is InChI=1S/C20H21FN6OS/c1-13-2-4-14(5-3-13)10-23-18(28)12-29-11-17-25-19(22)27-20(26-17)24-16-8-6-15(21)7-9-16/h2-9H,10-12H2,1H3,(H,23,28)(H3,22,24,25,26,27). The molecule has 0 saturated heterocycles. The smallest absolute Gasteiger partial charge is 0.232 e. The molecule has 1 amide bonds. The molecule has 0 aliphatic heterocycles. The summed E-state index contributed by atoms with van der Waals surface area (Å²) in [5, 5.41) is 5.84. The average molecular weight is 412 g/mol. The highest BCUT2D eigenvalue weighted by molar-refractivity contribution is 7.99. The molecule has 0 fully saturated rings. The van der Waals surface area contributed by atoms with E-state index in [2.05, 4.69) is 25.6 Å². The molecular formula is C20H21FN6OS. The number of aromatic nitrogens is 3. The Hall–Kier alpha value is -3.20. The van der Waals surface area contributed by atoms with E-state index in [4.69, 9.17) is 5.73 Å². The minimum atomic E-state index is -0.330. The summed E-state index contributed by atoms with van der Waals surface area (Å²) in [5.41, 5.74) is 8.60. The minimum Gasteiger partial charge on any atom is -0.368 e. The second-order valence-electron chi connectivity index (χ2n) is 6.32. The molecule has 0 bridgehead atoms. The van der Waals surface area contributed by atoms with Gasteiger partial charge in [-0.2, -0.15) is 15.0 Å². The van der Waals surface area contributed by atoms with Crippen molar-refractivity contribution in [1.29, 1.82) is 0 Å². The van der Waals surface area contributed by atoms with Crippen molar-refractivity contribution in [3.05, 3.63) is 71.3 Å². The van der Waals surface area contributed by atoms with Gasteiger partial charge in [0.05, 0.1) is 11.5 Å². The second-order valence-corrected chi connectivity index (χ2v) is 7.31. The highest BCUT2D eigenvalue weighted by Gasteiger charge is 2.08. The van der Waals surface area contributed by atoms with E-state index in [9.17, 15) is 9.18 Å². The minimum absolute atomic E-state index is 0.0673. The molecule has 29 heavy (non-hydrogen) atoms. The van der Waals surface area contributed by atoms with Gasteiger partial charge in [0.25, 0.3) is 0 Å². The van der Waals surface area contributed by atoms with Crippen molar-refractivity contribution in [2.24, 2.45) is 0 Å². The van der Waals surface area contributed by atoms with Gasteiger partial charge in [0, 0.05) is 12.2 Å². The number of thioether (sulfide) groups is 1. The largest absolute Gasteiger partial charge is 0.368 e. The summed E-state index contributed by atoms with van der Waals surface area (Å²) in [6.45, 7) is 2.51. The number of aryl methyl sites for hydroxylation is 1. The van der Waals surface area contributed by atoms with E-state index in [1.807, 2.05) is 31.2 Å². The SMILES string of the molecule is Cc1ccc(CNC(=O)CSCc2nc(N)nc(Nc3ccc(F)cc3)n2)cc1. The average Bonchev–Trinajstić information content (AvgIpc) is 2.69. The Kier molecular flexibility index (Phi) is 6.96. The van der Waals surface area contributed by atoms with Crippen LogP contribution in [-0.2, 0) is 17.1 Å². The van der Waals surface area contributed by atoms with Crippen LogP contribution in [0.15, 0.2) is 48.5 Å². The van der Waals surface area contributed by atoms with Gasteiger partial charge in [-0.1, -0.05) is 29.8 Å². The number of carbonyl (C=O) groups is 1. The summed E-state index contributed by atoms with van der Waals surface area (Å²) in [5.74, 6) is 1.08. The maximum Gasteiger partial charge on any atom is 0.232 e. The lowest BCUT2D eigenvalue weighted by Gasteiger charge is -2.08. The number of nitrogens with two attached hydrogens (primary N) is 1. The molecule has 3 aromatic rings. The number of carbonyl (C=O) groups excluding carboxylic acids is 1. The predicted octanol–water partition coefficient (Wildman–Crippen LogP) is 3.19. The molecule has 150 valence electrons. The number of rotatable bonds is 8. The summed E-state index contributed by atoms with van der Waals surface area (Å²) in [7, 11) is 0. The highest BCUT2D eigenvalue weighted by atomic mass is 32.2. The number of halogens is 1. The number of nitrogen functional groups attached to an aromatic ring is 1. The zero-order chi connectivity index (χ0) is 20.6. The van der Waals surface area contributed by atoms with Crippen molar-refractivity contribution < 1.29 is 9.18 Å². The van der Waals surface area contributed by atoms with Gasteiger partial charge in [-0.25, -0.2) is 4.39 Å². The maximum atomic E-state index is 13.0. The number of amides is 1. The Labute approximate surface area is 172 Å². The normalized spacial score (nSPS) is 10.6. The maximum absolute atomic E-state index is 13.0. The first-order valence-electron chi connectivity index (χ1n) is 8.91. The van der Waals surface area contributed by atoms with Crippen LogP contribution in [0.25, 0.3) is 0 Å². The van der Waals surface area contributed by atoms with Gasteiger partial charge in [-0.05, 0) is 36.8 Å². The molecule has 0 saturated carbocycles. The Bertz CT molecular complexity index is 966. The fourth-order valence-electron chi connectivity index (χ4n) is 2.41. The lowest BCUT2D eigenvalue weighted by molar-refractivity contribution is -0.118. The van der Waals surface area contributed by atoms with Crippen molar-refractivity contribution in [3.8, 4) is 0 Å². The van der Waals surface area contributed by atoms with E-state index < -0.39 is 0 Å². The monoisotopic (exact) mass is 412 g/mol. The number of nitrogens with zero attached hydrogens (tertiary/aromatic N) is 3. The molecule has 0 radical (unpaired) electrons. The van der Waals surface area contributed by atoms with Crippen molar-refractivity contribution in [2.75, 3.05) is 16.8 Å². The molecule has 1 aromatic heterocycles. The summed E-state index contributed by atoms with van der Waals surface area (Å²) >= 11 is 1.38. The lowest BCUT2D eigenvalue weighted by Crippen LogP contribution is -2.24. The van der Waals surface area contributed by atoms with E-state index in [0.29, 0.717) is 23.8 Å². The number of hydrogen-bond acceptors (Lipinski definition) is 7. The number of nitrogens with one attached hydrogen (secondary N) is 2. The number of anilines is 3. The van der Waals surface area contributed by atoms with Gasteiger partial charge >= 0.3 is 0 Å². The Morgan fingerprint density at radius 3 is 2.52 bits per heavy atom. The molecule has 7 nitrogen and oxygen atoms in total. The molecule has 3 rings (SSSR count). The molecule has 9 heteroatoms. The zero-order valence-electron chi connectivity index (χ0n) is 15.9. The van der Waals surface area contributed by atoms with Gasteiger partial charge < -0.3 is 16.4 Å². The third-order valence-corrected chi connectivity index (χ3v) is 4.80. The molecule has 2 aromatic carbocycles. The first-order valence-corrected chi connectivity index (χ1v) is 10.1. The third-order valence-electron chi connectivity index (χ3n) is 3.87. The summed E-state index contributed by atoms with van der Waals surface area (Å²) in [4.78, 5) is 24.4. The van der Waals surface area contributed by atoms with Gasteiger partial charge in [0.2, 0.25) is 17.8 Å². The topological polar surface area (TPSA) is 106 Å². The van der Waals surface area contributed by atoms with Crippen LogP contribution in [0.4, 0.5) is 22.0 Å². The molecule has 0 atom stereocenters. The van der Waals surface area contributed by atoms with Crippen molar-refractivity contribution in [2.45, 2.75) is 19.2 Å². The zero-order valence-corrected chi connectivity index (χ0v) is 16.7. The van der Waals surface area contributed by atoms with Crippen molar-refractivity contribution in [1.82, 2.24) is 20.3 Å². The Balaban J connectivity index is 1.48.